The fraction of sp³-hybridized carbons (Fsp3) is 0. The molecule has 0 aliphatic heterocycles. The van der Waals surface area contributed by atoms with Gasteiger partial charge in [-0.1, -0.05) is 11.3 Å². The third-order valence-corrected chi connectivity index (χ3v) is 2.43. The zero-order valence-corrected chi connectivity index (χ0v) is 7.23. The summed E-state index contributed by atoms with van der Waals surface area (Å²) >= 11 is 1.11. The molecule has 0 saturated carbocycles. The van der Waals surface area contributed by atoms with Gasteiger partial charge in [-0.2, -0.15) is 0 Å². The normalized spacial score (nSPS) is 10.2. The fourth-order valence-corrected chi connectivity index (χ4v) is 1.56. The first-order valence-corrected chi connectivity index (χ1v) is 4.26. The van der Waals surface area contributed by atoms with Crippen LogP contribution in [0.4, 0.5) is 0 Å². The number of thiazole rings is 1. The molecular formula is C7H5N3O2S. The summed E-state index contributed by atoms with van der Waals surface area (Å²) in [5.41, 5.74) is 0. The van der Waals surface area contributed by atoms with Crippen LogP contribution in [0.2, 0.25) is 0 Å². The molecule has 2 rings (SSSR count). The van der Waals surface area contributed by atoms with Gasteiger partial charge in [-0.15, -0.1) is 0 Å². The van der Waals surface area contributed by atoms with Gasteiger partial charge in [0, 0.05) is 12.4 Å². The van der Waals surface area contributed by atoms with Crippen molar-refractivity contribution in [2.75, 3.05) is 0 Å². The lowest BCUT2D eigenvalue weighted by atomic mass is 10.6. The lowest BCUT2D eigenvalue weighted by Gasteiger charge is -1.91. The Kier molecular flexibility index (Phi) is 1.82. The Morgan fingerprint density at radius 3 is 3.00 bits per heavy atom. The second-order valence-corrected chi connectivity index (χ2v) is 3.29. The van der Waals surface area contributed by atoms with Gasteiger partial charge in [0.25, 0.3) is 0 Å². The number of aromatic carboxylic acids is 1. The van der Waals surface area contributed by atoms with Crippen molar-refractivity contribution in [3.8, 4) is 5.13 Å². The van der Waals surface area contributed by atoms with Crippen molar-refractivity contribution in [1.29, 1.82) is 0 Å². The molecule has 0 bridgehead atoms. The molecule has 0 amide bonds. The van der Waals surface area contributed by atoms with Crippen molar-refractivity contribution in [3.63, 3.8) is 0 Å². The van der Waals surface area contributed by atoms with Crippen molar-refractivity contribution < 1.29 is 9.90 Å². The number of nitrogens with zero attached hydrogens (tertiary/aromatic N) is 3. The van der Waals surface area contributed by atoms with E-state index in [0.29, 0.717) is 5.13 Å². The molecule has 0 fully saturated rings. The molecule has 0 aliphatic rings. The largest absolute Gasteiger partial charge is 0.477 e. The van der Waals surface area contributed by atoms with Crippen molar-refractivity contribution in [2.45, 2.75) is 0 Å². The molecule has 2 aromatic heterocycles. The van der Waals surface area contributed by atoms with Gasteiger partial charge in [-0.05, 0) is 0 Å². The Bertz CT molecular complexity index is 421. The summed E-state index contributed by atoms with van der Waals surface area (Å²) < 4.78 is 1.66. The molecule has 0 atom stereocenters. The van der Waals surface area contributed by atoms with Crippen LogP contribution in [0.5, 0.6) is 0 Å². The highest BCUT2D eigenvalue weighted by Gasteiger charge is 2.08. The van der Waals surface area contributed by atoms with Crippen LogP contribution < -0.4 is 0 Å². The standard InChI is InChI=1S/C7H5N3O2S/c11-6(12)5-3-9-7(13-5)10-2-1-8-4-10/h1-4H,(H,11,12). The molecule has 0 aliphatic carbocycles. The first-order chi connectivity index (χ1) is 6.27. The minimum absolute atomic E-state index is 0.226. The van der Waals surface area contributed by atoms with Crippen LogP contribution in [0.1, 0.15) is 9.67 Å². The van der Waals surface area contributed by atoms with Gasteiger partial charge in [0.05, 0.1) is 6.20 Å². The Labute approximate surface area is 77.3 Å². The van der Waals surface area contributed by atoms with Crippen LogP contribution in [0.15, 0.2) is 24.9 Å². The topological polar surface area (TPSA) is 68.0 Å². The molecule has 2 aromatic rings. The summed E-state index contributed by atoms with van der Waals surface area (Å²) in [4.78, 5) is 18.5. The van der Waals surface area contributed by atoms with E-state index in [1.165, 1.54) is 6.20 Å². The summed E-state index contributed by atoms with van der Waals surface area (Å²) in [6.07, 6.45) is 6.24. The Morgan fingerprint density at radius 2 is 2.46 bits per heavy atom. The van der Waals surface area contributed by atoms with E-state index in [4.69, 9.17) is 5.11 Å². The van der Waals surface area contributed by atoms with Crippen LogP contribution in [-0.4, -0.2) is 25.6 Å². The van der Waals surface area contributed by atoms with Gasteiger partial charge >= 0.3 is 5.97 Å². The van der Waals surface area contributed by atoms with E-state index in [2.05, 4.69) is 9.97 Å². The third-order valence-electron chi connectivity index (χ3n) is 1.43. The maximum absolute atomic E-state index is 10.5. The number of carboxylic acid groups (broad SMARTS) is 1. The average molecular weight is 195 g/mol. The molecule has 0 saturated heterocycles. The smallest absolute Gasteiger partial charge is 0.347 e. The van der Waals surface area contributed by atoms with E-state index >= 15 is 0 Å². The van der Waals surface area contributed by atoms with Gasteiger partial charge < -0.3 is 5.11 Å². The molecule has 0 unspecified atom stereocenters. The summed E-state index contributed by atoms with van der Waals surface area (Å²) in [7, 11) is 0. The third kappa shape index (κ3) is 1.43. The van der Waals surface area contributed by atoms with Crippen LogP contribution >= 0.6 is 11.3 Å². The van der Waals surface area contributed by atoms with E-state index in [1.807, 2.05) is 0 Å². The number of hydrogen-bond donors (Lipinski definition) is 1. The number of aromatic nitrogens is 3. The monoisotopic (exact) mass is 195 g/mol. The predicted octanol–water partition coefficient (Wildman–Crippen LogP) is 1.03. The van der Waals surface area contributed by atoms with Gasteiger partial charge in [0.1, 0.15) is 11.2 Å². The van der Waals surface area contributed by atoms with E-state index in [0.717, 1.165) is 11.3 Å². The van der Waals surface area contributed by atoms with Crippen molar-refractivity contribution in [1.82, 2.24) is 14.5 Å². The first-order valence-electron chi connectivity index (χ1n) is 3.45. The molecule has 6 heteroatoms. The van der Waals surface area contributed by atoms with E-state index in [9.17, 15) is 4.79 Å². The van der Waals surface area contributed by atoms with Gasteiger partial charge in [0.2, 0.25) is 0 Å². The molecule has 5 nitrogen and oxygen atoms in total. The first kappa shape index (κ1) is 7.93. The van der Waals surface area contributed by atoms with Gasteiger partial charge in [-0.25, -0.2) is 14.8 Å². The molecule has 0 radical (unpaired) electrons. The minimum atomic E-state index is -0.955. The highest BCUT2D eigenvalue weighted by atomic mass is 32.1. The molecule has 0 spiro atoms. The summed E-state index contributed by atoms with van der Waals surface area (Å²) in [5.74, 6) is -0.955. The SMILES string of the molecule is O=C(O)c1cnc(-n2ccnc2)s1. The summed E-state index contributed by atoms with van der Waals surface area (Å²) in [5, 5.41) is 9.25. The molecule has 1 N–H and O–H groups in total. The number of hydrogen-bond acceptors (Lipinski definition) is 4. The quantitative estimate of drug-likeness (QED) is 0.777. The second kappa shape index (κ2) is 2.98. The van der Waals surface area contributed by atoms with E-state index < -0.39 is 5.97 Å². The Balaban J connectivity index is 2.39. The predicted molar refractivity (Wildman–Crippen MR) is 46.2 cm³/mol. The van der Waals surface area contributed by atoms with E-state index in [1.54, 1.807) is 23.3 Å². The number of rotatable bonds is 2. The lowest BCUT2D eigenvalue weighted by Crippen LogP contribution is -1.89. The van der Waals surface area contributed by atoms with Crippen molar-refractivity contribution in [3.05, 3.63) is 29.8 Å². The van der Waals surface area contributed by atoms with Gasteiger partial charge in [-0.3, -0.25) is 4.57 Å². The molecule has 66 valence electrons. The van der Waals surface area contributed by atoms with Crippen molar-refractivity contribution in [2.24, 2.45) is 0 Å². The van der Waals surface area contributed by atoms with Crippen LogP contribution in [0, 0.1) is 0 Å². The Morgan fingerprint density at radius 1 is 1.62 bits per heavy atom. The maximum Gasteiger partial charge on any atom is 0.347 e. The number of carboxylic acids is 1. The average Bonchev–Trinajstić information content (AvgIpc) is 2.75. The lowest BCUT2D eigenvalue weighted by molar-refractivity contribution is 0.0702. The molecule has 13 heavy (non-hydrogen) atoms. The van der Waals surface area contributed by atoms with Gasteiger partial charge in [0.15, 0.2) is 5.13 Å². The molecular weight excluding hydrogens is 190 g/mol. The number of carbonyl (C=O) groups is 1. The molecule has 0 aromatic carbocycles. The highest BCUT2D eigenvalue weighted by Crippen LogP contribution is 2.16. The second-order valence-electron chi connectivity index (χ2n) is 2.28. The fourth-order valence-electron chi connectivity index (χ4n) is 0.855. The van der Waals surface area contributed by atoms with E-state index in [-0.39, 0.29) is 4.88 Å². The summed E-state index contributed by atoms with van der Waals surface area (Å²) in [6, 6.07) is 0. The zero-order valence-electron chi connectivity index (χ0n) is 6.41. The summed E-state index contributed by atoms with van der Waals surface area (Å²) in [6.45, 7) is 0. The highest BCUT2D eigenvalue weighted by molar-refractivity contribution is 7.15. The minimum Gasteiger partial charge on any atom is -0.477 e. The van der Waals surface area contributed by atoms with Crippen LogP contribution in [0.25, 0.3) is 5.13 Å². The zero-order chi connectivity index (χ0) is 9.26. The number of imidazole rings is 1. The van der Waals surface area contributed by atoms with Crippen LogP contribution in [0.3, 0.4) is 0 Å². The Hall–Kier alpha value is -1.69. The van der Waals surface area contributed by atoms with Crippen molar-refractivity contribution >= 4 is 17.3 Å². The van der Waals surface area contributed by atoms with Crippen LogP contribution in [-0.2, 0) is 0 Å². The molecule has 2 heterocycles. The maximum atomic E-state index is 10.5.